The number of imidazole rings is 1. The number of nitrogens with zero attached hydrogens (tertiary/aromatic N) is 1. The standard InChI is InChI=1S/C11H19N3/c1-8-10(14-11(12)13-8)7-9-5-3-2-4-6-9/h9H,2-7H2,1H3,(H3,12,13,14). The molecule has 14 heavy (non-hydrogen) atoms. The number of anilines is 1. The quantitative estimate of drug-likeness (QED) is 0.758. The van der Waals surface area contributed by atoms with Gasteiger partial charge in [0.1, 0.15) is 0 Å². The molecule has 1 aromatic heterocycles. The molecule has 1 saturated carbocycles. The van der Waals surface area contributed by atoms with Crippen LogP contribution in [0.25, 0.3) is 0 Å². The number of hydrogen-bond donors (Lipinski definition) is 2. The molecule has 3 heteroatoms. The molecule has 78 valence electrons. The lowest BCUT2D eigenvalue weighted by Crippen LogP contribution is -2.10. The maximum Gasteiger partial charge on any atom is 0.197 e. The number of nitrogens with two attached hydrogens (primary N) is 1. The molecule has 1 fully saturated rings. The van der Waals surface area contributed by atoms with Crippen LogP contribution in [0.3, 0.4) is 0 Å². The van der Waals surface area contributed by atoms with E-state index in [1.807, 2.05) is 0 Å². The number of nitrogen functional groups attached to an aromatic ring is 1. The van der Waals surface area contributed by atoms with Crippen molar-refractivity contribution >= 4 is 5.95 Å². The number of aromatic amines is 1. The zero-order valence-corrected chi connectivity index (χ0v) is 8.84. The summed E-state index contributed by atoms with van der Waals surface area (Å²) in [5.74, 6) is 1.40. The SMILES string of the molecule is Cc1[nH]c(N)nc1CC1CCCCC1. The van der Waals surface area contributed by atoms with Crippen molar-refractivity contribution in [2.75, 3.05) is 5.73 Å². The molecular weight excluding hydrogens is 174 g/mol. The predicted octanol–water partition coefficient (Wildman–Crippen LogP) is 2.42. The monoisotopic (exact) mass is 193 g/mol. The average molecular weight is 193 g/mol. The summed E-state index contributed by atoms with van der Waals surface area (Å²) in [4.78, 5) is 7.39. The van der Waals surface area contributed by atoms with Gasteiger partial charge in [0.15, 0.2) is 5.95 Å². The highest BCUT2D eigenvalue weighted by Gasteiger charge is 2.16. The van der Waals surface area contributed by atoms with E-state index in [0.717, 1.165) is 18.0 Å². The predicted molar refractivity (Wildman–Crippen MR) is 58.0 cm³/mol. The van der Waals surface area contributed by atoms with Gasteiger partial charge in [0.2, 0.25) is 0 Å². The van der Waals surface area contributed by atoms with Crippen LogP contribution in [0.1, 0.15) is 43.5 Å². The molecule has 0 saturated heterocycles. The van der Waals surface area contributed by atoms with Gasteiger partial charge in [-0.05, 0) is 19.3 Å². The molecule has 0 aromatic carbocycles. The lowest BCUT2D eigenvalue weighted by molar-refractivity contribution is 0.354. The Bertz CT molecular complexity index is 297. The Kier molecular flexibility index (Phi) is 2.75. The third-order valence-corrected chi connectivity index (χ3v) is 3.21. The summed E-state index contributed by atoms with van der Waals surface area (Å²) in [6, 6.07) is 0. The van der Waals surface area contributed by atoms with E-state index in [1.54, 1.807) is 0 Å². The van der Waals surface area contributed by atoms with Gasteiger partial charge in [-0.1, -0.05) is 32.1 Å². The first-order valence-corrected chi connectivity index (χ1v) is 5.56. The summed E-state index contributed by atoms with van der Waals surface area (Å²) in [6.45, 7) is 2.06. The van der Waals surface area contributed by atoms with Gasteiger partial charge < -0.3 is 10.7 Å². The van der Waals surface area contributed by atoms with Crippen molar-refractivity contribution in [1.82, 2.24) is 9.97 Å². The van der Waals surface area contributed by atoms with Crippen LogP contribution in [0.15, 0.2) is 0 Å². The summed E-state index contributed by atoms with van der Waals surface area (Å²) in [5.41, 5.74) is 7.94. The lowest BCUT2D eigenvalue weighted by Gasteiger charge is -2.20. The number of aromatic nitrogens is 2. The molecule has 2 rings (SSSR count). The molecule has 1 heterocycles. The first-order chi connectivity index (χ1) is 6.75. The maximum atomic E-state index is 5.62. The lowest BCUT2D eigenvalue weighted by atomic mass is 9.86. The second kappa shape index (κ2) is 4.03. The van der Waals surface area contributed by atoms with Crippen LogP contribution in [0, 0.1) is 12.8 Å². The first kappa shape index (κ1) is 9.56. The van der Waals surface area contributed by atoms with Crippen LogP contribution in [0.4, 0.5) is 5.95 Å². The van der Waals surface area contributed by atoms with Crippen molar-refractivity contribution < 1.29 is 0 Å². The normalized spacial score (nSPS) is 18.6. The zero-order chi connectivity index (χ0) is 9.97. The highest BCUT2D eigenvalue weighted by molar-refractivity contribution is 5.25. The van der Waals surface area contributed by atoms with Crippen LogP contribution in [0.2, 0.25) is 0 Å². The molecule has 0 aliphatic heterocycles. The number of H-pyrrole nitrogens is 1. The molecule has 0 radical (unpaired) electrons. The maximum absolute atomic E-state index is 5.62. The molecular formula is C11H19N3. The van der Waals surface area contributed by atoms with E-state index in [2.05, 4.69) is 16.9 Å². The summed E-state index contributed by atoms with van der Waals surface area (Å²) in [6.07, 6.45) is 8.05. The van der Waals surface area contributed by atoms with Crippen LogP contribution in [-0.4, -0.2) is 9.97 Å². The molecule has 1 aliphatic carbocycles. The largest absolute Gasteiger partial charge is 0.369 e. The van der Waals surface area contributed by atoms with Crippen LogP contribution in [-0.2, 0) is 6.42 Å². The first-order valence-electron chi connectivity index (χ1n) is 5.56. The summed E-state index contributed by atoms with van der Waals surface area (Å²) in [5, 5.41) is 0. The van der Waals surface area contributed by atoms with Crippen LogP contribution >= 0.6 is 0 Å². The Hall–Kier alpha value is -0.990. The molecule has 0 spiro atoms. The second-order valence-corrected chi connectivity index (χ2v) is 4.40. The molecule has 0 unspecified atom stereocenters. The Morgan fingerprint density at radius 1 is 1.36 bits per heavy atom. The third kappa shape index (κ3) is 2.08. The van der Waals surface area contributed by atoms with E-state index < -0.39 is 0 Å². The summed E-state index contributed by atoms with van der Waals surface area (Å²) < 4.78 is 0. The van der Waals surface area contributed by atoms with Gasteiger partial charge in [-0.25, -0.2) is 4.98 Å². The molecule has 1 aliphatic rings. The fraction of sp³-hybridized carbons (Fsp3) is 0.727. The van der Waals surface area contributed by atoms with Crippen molar-refractivity contribution in [2.45, 2.75) is 45.4 Å². The third-order valence-electron chi connectivity index (χ3n) is 3.21. The number of rotatable bonds is 2. The zero-order valence-electron chi connectivity index (χ0n) is 8.84. The van der Waals surface area contributed by atoms with Gasteiger partial charge in [0, 0.05) is 5.69 Å². The van der Waals surface area contributed by atoms with Crippen LogP contribution in [0.5, 0.6) is 0 Å². The van der Waals surface area contributed by atoms with Gasteiger partial charge in [0.05, 0.1) is 5.69 Å². The molecule has 0 amide bonds. The Morgan fingerprint density at radius 2 is 2.07 bits per heavy atom. The van der Waals surface area contributed by atoms with E-state index in [9.17, 15) is 0 Å². The number of hydrogen-bond acceptors (Lipinski definition) is 2. The van der Waals surface area contributed by atoms with Crippen molar-refractivity contribution in [3.8, 4) is 0 Å². The molecule has 0 bridgehead atoms. The fourth-order valence-corrected chi connectivity index (χ4v) is 2.38. The van der Waals surface area contributed by atoms with Gasteiger partial charge in [0.25, 0.3) is 0 Å². The van der Waals surface area contributed by atoms with Crippen molar-refractivity contribution in [3.63, 3.8) is 0 Å². The molecule has 3 nitrogen and oxygen atoms in total. The number of nitrogens with one attached hydrogen (secondary N) is 1. The molecule has 3 N–H and O–H groups in total. The minimum absolute atomic E-state index is 0.563. The van der Waals surface area contributed by atoms with E-state index >= 15 is 0 Å². The fourth-order valence-electron chi connectivity index (χ4n) is 2.38. The van der Waals surface area contributed by atoms with Gasteiger partial charge in [-0.2, -0.15) is 0 Å². The van der Waals surface area contributed by atoms with Gasteiger partial charge in [-0.15, -0.1) is 0 Å². The number of aryl methyl sites for hydroxylation is 1. The van der Waals surface area contributed by atoms with E-state index in [1.165, 1.54) is 37.8 Å². The van der Waals surface area contributed by atoms with Crippen molar-refractivity contribution in [3.05, 3.63) is 11.4 Å². The van der Waals surface area contributed by atoms with E-state index in [-0.39, 0.29) is 0 Å². The Balaban J connectivity index is 1.98. The molecule has 0 atom stereocenters. The van der Waals surface area contributed by atoms with Crippen molar-refractivity contribution in [2.24, 2.45) is 5.92 Å². The Labute approximate surface area is 85.1 Å². The summed E-state index contributed by atoms with van der Waals surface area (Å²) >= 11 is 0. The van der Waals surface area contributed by atoms with Crippen molar-refractivity contribution in [1.29, 1.82) is 0 Å². The second-order valence-electron chi connectivity index (χ2n) is 4.40. The highest BCUT2D eigenvalue weighted by atomic mass is 15.0. The topological polar surface area (TPSA) is 54.7 Å². The van der Waals surface area contributed by atoms with Gasteiger partial charge >= 0.3 is 0 Å². The van der Waals surface area contributed by atoms with Crippen LogP contribution < -0.4 is 5.73 Å². The summed E-state index contributed by atoms with van der Waals surface area (Å²) in [7, 11) is 0. The Morgan fingerprint density at radius 3 is 2.64 bits per heavy atom. The molecule has 1 aromatic rings. The average Bonchev–Trinajstić information content (AvgIpc) is 2.47. The van der Waals surface area contributed by atoms with E-state index in [0.29, 0.717) is 5.95 Å². The minimum Gasteiger partial charge on any atom is -0.369 e. The highest BCUT2D eigenvalue weighted by Crippen LogP contribution is 2.27. The minimum atomic E-state index is 0.563. The smallest absolute Gasteiger partial charge is 0.197 e. The van der Waals surface area contributed by atoms with E-state index in [4.69, 9.17) is 5.73 Å². The van der Waals surface area contributed by atoms with Gasteiger partial charge in [-0.3, -0.25) is 0 Å².